The van der Waals surface area contributed by atoms with Crippen LogP contribution in [0.4, 0.5) is 11.5 Å². The maximum Gasteiger partial charge on any atom is 0.281 e. The molecule has 0 radical (unpaired) electrons. The van der Waals surface area contributed by atoms with Crippen molar-refractivity contribution in [1.29, 1.82) is 0 Å². The molecule has 0 amide bonds. The molecule has 8 nitrogen and oxygen atoms in total. The standard InChI is InChI=1S/C11H12N6O2S/c1-12-10-11(17-5-3-2-4-9(17)15-10)20(18,19)16-8-6-13-14-7-8/h2-7,12,16H,1H3,(H,13,14). The summed E-state index contributed by atoms with van der Waals surface area (Å²) in [6, 6.07) is 5.27. The number of pyridine rings is 1. The number of fused-ring (bicyclic) bond motifs is 1. The Bertz CT molecular complexity index is 837. The topological polar surface area (TPSA) is 104 Å². The highest BCUT2D eigenvalue weighted by Crippen LogP contribution is 2.24. The number of hydrogen-bond donors (Lipinski definition) is 3. The monoisotopic (exact) mass is 292 g/mol. The van der Waals surface area contributed by atoms with E-state index in [-0.39, 0.29) is 10.8 Å². The minimum atomic E-state index is -3.78. The van der Waals surface area contributed by atoms with E-state index < -0.39 is 10.0 Å². The molecule has 0 saturated heterocycles. The van der Waals surface area contributed by atoms with E-state index in [0.29, 0.717) is 11.3 Å². The molecule has 3 heterocycles. The van der Waals surface area contributed by atoms with E-state index in [1.807, 2.05) is 0 Å². The molecule has 9 heteroatoms. The van der Waals surface area contributed by atoms with Gasteiger partial charge in [-0.2, -0.15) is 13.5 Å². The lowest BCUT2D eigenvalue weighted by molar-refractivity contribution is 0.597. The maximum absolute atomic E-state index is 12.5. The Morgan fingerprint density at radius 2 is 2.20 bits per heavy atom. The minimum Gasteiger partial charge on any atom is -0.371 e. The molecule has 104 valence electrons. The molecule has 0 aliphatic heterocycles. The summed E-state index contributed by atoms with van der Waals surface area (Å²) in [5, 5.41) is 9.10. The molecule has 0 aromatic carbocycles. The first-order valence-electron chi connectivity index (χ1n) is 5.78. The van der Waals surface area contributed by atoms with Crippen LogP contribution in [0.25, 0.3) is 5.65 Å². The van der Waals surface area contributed by atoms with Gasteiger partial charge in [0, 0.05) is 19.4 Å². The Kier molecular flexibility index (Phi) is 2.83. The van der Waals surface area contributed by atoms with Crippen molar-refractivity contribution in [2.45, 2.75) is 5.03 Å². The van der Waals surface area contributed by atoms with Crippen LogP contribution in [0.5, 0.6) is 0 Å². The fraction of sp³-hybridized carbons (Fsp3) is 0.0909. The van der Waals surface area contributed by atoms with E-state index in [2.05, 4.69) is 25.2 Å². The molecule has 3 N–H and O–H groups in total. The molecule has 0 unspecified atom stereocenters. The summed E-state index contributed by atoms with van der Waals surface area (Å²) in [4.78, 5) is 4.24. The molecule has 20 heavy (non-hydrogen) atoms. The molecule has 0 spiro atoms. The molecule has 0 atom stereocenters. The molecule has 0 aliphatic rings. The minimum absolute atomic E-state index is 0.0526. The molecule has 3 aromatic heterocycles. The Balaban J connectivity index is 2.17. The normalized spacial score (nSPS) is 11.7. The average Bonchev–Trinajstić information content (AvgIpc) is 3.04. The van der Waals surface area contributed by atoms with Crippen LogP contribution < -0.4 is 10.0 Å². The highest BCUT2D eigenvalue weighted by atomic mass is 32.2. The van der Waals surface area contributed by atoms with Crippen molar-refractivity contribution in [1.82, 2.24) is 19.6 Å². The number of imidazole rings is 1. The molecular weight excluding hydrogens is 280 g/mol. The molecule has 3 rings (SSSR count). The van der Waals surface area contributed by atoms with Crippen molar-refractivity contribution in [2.75, 3.05) is 17.1 Å². The fourth-order valence-electron chi connectivity index (χ4n) is 1.90. The second-order valence-electron chi connectivity index (χ2n) is 4.04. The predicted octanol–water partition coefficient (Wildman–Crippen LogP) is 0.900. The number of rotatable bonds is 4. The lowest BCUT2D eigenvalue weighted by Gasteiger charge is -2.07. The van der Waals surface area contributed by atoms with Gasteiger partial charge in [-0.1, -0.05) is 6.07 Å². The van der Waals surface area contributed by atoms with Crippen molar-refractivity contribution < 1.29 is 8.42 Å². The fourth-order valence-corrected chi connectivity index (χ4v) is 3.24. The number of nitrogens with one attached hydrogen (secondary N) is 3. The lowest BCUT2D eigenvalue weighted by Crippen LogP contribution is -2.16. The molecule has 0 saturated carbocycles. The first kappa shape index (κ1) is 12.5. The van der Waals surface area contributed by atoms with Crippen LogP contribution in [0.1, 0.15) is 0 Å². The first-order chi connectivity index (χ1) is 9.62. The number of H-pyrrole nitrogens is 1. The van der Waals surface area contributed by atoms with Crippen molar-refractivity contribution in [3.05, 3.63) is 36.8 Å². The van der Waals surface area contributed by atoms with Crippen LogP contribution in [-0.4, -0.2) is 35.0 Å². The van der Waals surface area contributed by atoms with Gasteiger partial charge in [-0.15, -0.1) is 0 Å². The number of aromatic amines is 1. The largest absolute Gasteiger partial charge is 0.371 e. The van der Waals surface area contributed by atoms with Gasteiger partial charge in [-0.3, -0.25) is 14.2 Å². The predicted molar refractivity (Wildman–Crippen MR) is 74.1 cm³/mol. The third-order valence-corrected chi connectivity index (χ3v) is 4.13. The van der Waals surface area contributed by atoms with Crippen LogP contribution >= 0.6 is 0 Å². The Hall–Kier alpha value is -2.55. The van der Waals surface area contributed by atoms with Crippen molar-refractivity contribution in [3.8, 4) is 0 Å². The summed E-state index contributed by atoms with van der Waals surface area (Å²) in [6.07, 6.45) is 4.49. The van der Waals surface area contributed by atoms with Crippen LogP contribution in [0.3, 0.4) is 0 Å². The number of sulfonamides is 1. The van der Waals surface area contributed by atoms with Gasteiger partial charge in [0.1, 0.15) is 5.65 Å². The van der Waals surface area contributed by atoms with Gasteiger partial charge in [0.2, 0.25) is 5.03 Å². The zero-order valence-electron chi connectivity index (χ0n) is 10.5. The second-order valence-corrected chi connectivity index (χ2v) is 5.63. The Morgan fingerprint density at radius 1 is 1.35 bits per heavy atom. The summed E-state index contributed by atoms with van der Waals surface area (Å²) >= 11 is 0. The SMILES string of the molecule is CNc1nc2ccccn2c1S(=O)(=O)Nc1cn[nH]c1. The van der Waals surface area contributed by atoms with E-state index in [4.69, 9.17) is 0 Å². The van der Waals surface area contributed by atoms with Crippen molar-refractivity contribution in [3.63, 3.8) is 0 Å². The van der Waals surface area contributed by atoms with E-state index in [1.54, 1.807) is 31.4 Å². The van der Waals surface area contributed by atoms with Crippen LogP contribution in [0.15, 0.2) is 41.8 Å². The molecule has 0 aliphatic carbocycles. The molecule has 0 bridgehead atoms. The van der Waals surface area contributed by atoms with Crippen LogP contribution in [-0.2, 0) is 10.0 Å². The highest BCUT2D eigenvalue weighted by molar-refractivity contribution is 7.92. The third kappa shape index (κ3) is 1.97. The van der Waals surface area contributed by atoms with Crippen molar-refractivity contribution in [2.24, 2.45) is 0 Å². The zero-order valence-corrected chi connectivity index (χ0v) is 11.3. The Morgan fingerprint density at radius 3 is 2.90 bits per heavy atom. The number of nitrogens with zero attached hydrogens (tertiary/aromatic N) is 3. The van der Waals surface area contributed by atoms with E-state index in [0.717, 1.165) is 0 Å². The van der Waals surface area contributed by atoms with E-state index in [1.165, 1.54) is 16.8 Å². The van der Waals surface area contributed by atoms with Gasteiger partial charge in [0.05, 0.1) is 11.9 Å². The van der Waals surface area contributed by atoms with Gasteiger partial charge in [-0.25, -0.2) is 4.98 Å². The van der Waals surface area contributed by atoms with Gasteiger partial charge < -0.3 is 5.32 Å². The maximum atomic E-state index is 12.5. The number of hydrogen-bond acceptors (Lipinski definition) is 5. The summed E-state index contributed by atoms with van der Waals surface area (Å²) in [5.74, 6) is 0.284. The van der Waals surface area contributed by atoms with Gasteiger partial charge in [0.25, 0.3) is 10.0 Å². The van der Waals surface area contributed by atoms with Gasteiger partial charge in [-0.05, 0) is 12.1 Å². The number of aromatic nitrogens is 4. The highest BCUT2D eigenvalue weighted by Gasteiger charge is 2.25. The average molecular weight is 292 g/mol. The lowest BCUT2D eigenvalue weighted by atomic mass is 10.5. The van der Waals surface area contributed by atoms with E-state index >= 15 is 0 Å². The van der Waals surface area contributed by atoms with Gasteiger partial charge in [0.15, 0.2) is 5.82 Å². The summed E-state index contributed by atoms with van der Waals surface area (Å²) in [6.45, 7) is 0. The van der Waals surface area contributed by atoms with Gasteiger partial charge >= 0.3 is 0 Å². The van der Waals surface area contributed by atoms with Crippen LogP contribution in [0.2, 0.25) is 0 Å². The third-order valence-electron chi connectivity index (χ3n) is 2.73. The second kappa shape index (κ2) is 4.53. The molecule has 3 aromatic rings. The van der Waals surface area contributed by atoms with Crippen LogP contribution in [0, 0.1) is 0 Å². The molecule has 0 fully saturated rings. The summed E-state index contributed by atoms with van der Waals surface area (Å²) in [5.41, 5.74) is 0.905. The smallest absolute Gasteiger partial charge is 0.281 e. The quantitative estimate of drug-likeness (QED) is 0.662. The molecular formula is C11H12N6O2S. The summed E-state index contributed by atoms with van der Waals surface area (Å²) in [7, 11) is -2.16. The zero-order chi connectivity index (χ0) is 14.2. The Labute approximate surface area is 114 Å². The van der Waals surface area contributed by atoms with Crippen molar-refractivity contribution >= 4 is 27.2 Å². The first-order valence-corrected chi connectivity index (χ1v) is 7.26. The number of anilines is 2. The summed E-state index contributed by atoms with van der Waals surface area (Å²) < 4.78 is 29.0. The van der Waals surface area contributed by atoms with E-state index in [9.17, 15) is 8.42 Å².